The Morgan fingerprint density at radius 1 is 1.29 bits per heavy atom. The quantitative estimate of drug-likeness (QED) is 0.624. The highest BCUT2D eigenvalue weighted by Crippen LogP contribution is 2.69. The third kappa shape index (κ3) is 2.70. The molecule has 2 aliphatic carbocycles. The lowest BCUT2D eigenvalue weighted by Gasteiger charge is -2.42. The molecule has 0 bridgehead atoms. The predicted molar refractivity (Wildman–Crippen MR) is 108 cm³/mol. The standard InChI is InChI=1S/C23H18FN5O2/c24-13-5-7-14(8-6-13)31-19-4-2-1-3-15(19)17-9-18(28-27-17)22(30)26-23-10-16-20(23)21(16)29(11-23)12-25/h1-9,16,20-21H,10-11H2,(H,26,30)(H,27,28)/t16?,20?,21?,23-/m0/s1. The van der Waals surface area contributed by atoms with E-state index < -0.39 is 0 Å². The number of nitrogens with zero attached hydrogens (tertiary/aromatic N) is 3. The van der Waals surface area contributed by atoms with Crippen molar-refractivity contribution in [1.82, 2.24) is 20.4 Å². The van der Waals surface area contributed by atoms with E-state index >= 15 is 0 Å². The molecule has 2 aromatic carbocycles. The van der Waals surface area contributed by atoms with Crippen molar-refractivity contribution in [3.8, 4) is 28.9 Å². The van der Waals surface area contributed by atoms with Crippen LogP contribution in [0.25, 0.3) is 11.3 Å². The number of hydrogen-bond donors (Lipinski definition) is 2. The Labute approximate surface area is 177 Å². The third-order valence-electron chi connectivity index (χ3n) is 6.70. The summed E-state index contributed by atoms with van der Waals surface area (Å²) in [5.74, 6) is 1.43. The van der Waals surface area contributed by atoms with Crippen LogP contribution in [0.4, 0.5) is 4.39 Å². The molecule has 154 valence electrons. The van der Waals surface area contributed by atoms with E-state index in [9.17, 15) is 14.4 Å². The zero-order chi connectivity index (χ0) is 21.2. The molecule has 31 heavy (non-hydrogen) atoms. The fourth-order valence-electron chi connectivity index (χ4n) is 5.28. The zero-order valence-electron chi connectivity index (χ0n) is 16.4. The summed E-state index contributed by atoms with van der Waals surface area (Å²) in [6, 6.07) is 15.1. The second-order valence-corrected chi connectivity index (χ2v) is 8.44. The smallest absolute Gasteiger partial charge is 0.269 e. The number of likely N-dealkylation sites (tertiary alicyclic amines) is 1. The summed E-state index contributed by atoms with van der Waals surface area (Å²) in [6.07, 6.45) is 3.17. The molecule has 3 fully saturated rings. The summed E-state index contributed by atoms with van der Waals surface area (Å²) in [7, 11) is 0. The van der Waals surface area contributed by atoms with Crippen LogP contribution in [0, 0.1) is 29.1 Å². The van der Waals surface area contributed by atoms with Crippen LogP contribution < -0.4 is 10.1 Å². The molecular formula is C23H18FN5O2. The van der Waals surface area contributed by atoms with Gasteiger partial charge in [-0.1, -0.05) is 12.1 Å². The Hall–Kier alpha value is -3.86. The number of fused-ring (bicyclic) bond motifs is 1. The molecule has 0 radical (unpaired) electrons. The molecule has 2 N–H and O–H groups in total. The van der Waals surface area contributed by atoms with E-state index in [4.69, 9.17) is 4.74 Å². The van der Waals surface area contributed by atoms with Crippen LogP contribution in [-0.4, -0.2) is 39.1 Å². The highest BCUT2D eigenvalue weighted by atomic mass is 19.1. The van der Waals surface area contributed by atoms with E-state index in [1.807, 2.05) is 18.2 Å². The maximum Gasteiger partial charge on any atom is 0.269 e. The normalized spacial score (nSPS) is 27.1. The van der Waals surface area contributed by atoms with Crippen LogP contribution in [0.2, 0.25) is 0 Å². The molecule has 1 aliphatic heterocycles. The summed E-state index contributed by atoms with van der Waals surface area (Å²) >= 11 is 0. The summed E-state index contributed by atoms with van der Waals surface area (Å²) in [6.45, 7) is 0.580. The van der Waals surface area contributed by atoms with Gasteiger partial charge in [0, 0.05) is 17.5 Å². The van der Waals surface area contributed by atoms with Crippen molar-refractivity contribution >= 4 is 5.91 Å². The SMILES string of the molecule is N#CN1C[C@@]2(NC(=O)c3cc(-c4ccccc4Oc4ccc(F)cc4)n[nH]3)CC3C1C32. The summed E-state index contributed by atoms with van der Waals surface area (Å²) in [5, 5.41) is 19.5. The number of benzene rings is 2. The molecule has 4 atom stereocenters. The lowest BCUT2D eigenvalue weighted by atomic mass is 9.76. The van der Waals surface area contributed by atoms with E-state index in [0.29, 0.717) is 52.9 Å². The minimum atomic E-state index is -0.335. The number of carbonyl (C=O) groups is 1. The maximum absolute atomic E-state index is 13.2. The minimum Gasteiger partial charge on any atom is -0.457 e. The number of ether oxygens (including phenoxy) is 1. The largest absolute Gasteiger partial charge is 0.457 e. The number of nitriles is 1. The van der Waals surface area contributed by atoms with Gasteiger partial charge in [-0.15, -0.1) is 0 Å². The Bertz CT molecular complexity index is 1230. The van der Waals surface area contributed by atoms with Crippen molar-refractivity contribution in [3.63, 3.8) is 0 Å². The van der Waals surface area contributed by atoms with Crippen LogP contribution in [0.1, 0.15) is 16.9 Å². The topological polar surface area (TPSA) is 94.0 Å². The molecule has 3 aromatic rings. The molecule has 6 rings (SSSR count). The van der Waals surface area contributed by atoms with Gasteiger partial charge >= 0.3 is 0 Å². The highest BCUT2D eigenvalue weighted by molar-refractivity contribution is 5.94. The van der Waals surface area contributed by atoms with Crippen LogP contribution in [0.15, 0.2) is 54.6 Å². The van der Waals surface area contributed by atoms with Gasteiger partial charge in [0.15, 0.2) is 6.19 Å². The average Bonchev–Trinajstić information content (AvgIpc) is 3.08. The van der Waals surface area contributed by atoms with Crippen molar-refractivity contribution < 1.29 is 13.9 Å². The molecular weight excluding hydrogens is 397 g/mol. The molecule has 1 saturated heterocycles. The molecule has 0 spiro atoms. The van der Waals surface area contributed by atoms with E-state index in [0.717, 1.165) is 6.42 Å². The second kappa shape index (κ2) is 6.32. The first-order chi connectivity index (χ1) is 15.1. The van der Waals surface area contributed by atoms with Gasteiger partial charge in [-0.3, -0.25) is 9.89 Å². The first-order valence-electron chi connectivity index (χ1n) is 10.2. The molecule has 8 heteroatoms. The molecule has 2 saturated carbocycles. The number of aromatic nitrogens is 2. The molecule has 3 unspecified atom stereocenters. The Kier molecular flexibility index (Phi) is 3.66. The Morgan fingerprint density at radius 2 is 2.10 bits per heavy atom. The van der Waals surface area contributed by atoms with E-state index in [1.165, 1.54) is 12.1 Å². The van der Waals surface area contributed by atoms with E-state index in [1.54, 1.807) is 29.2 Å². The van der Waals surface area contributed by atoms with Crippen molar-refractivity contribution in [1.29, 1.82) is 5.26 Å². The number of nitrogens with one attached hydrogen (secondary N) is 2. The van der Waals surface area contributed by atoms with E-state index in [-0.39, 0.29) is 17.3 Å². The Morgan fingerprint density at radius 3 is 2.87 bits per heavy atom. The molecule has 7 nitrogen and oxygen atoms in total. The van der Waals surface area contributed by atoms with Gasteiger partial charge < -0.3 is 15.0 Å². The van der Waals surface area contributed by atoms with E-state index in [2.05, 4.69) is 21.7 Å². The monoisotopic (exact) mass is 415 g/mol. The number of carbonyl (C=O) groups excluding carboxylic acids is 1. The van der Waals surface area contributed by atoms with Crippen molar-refractivity contribution in [2.45, 2.75) is 18.0 Å². The number of rotatable bonds is 5. The minimum absolute atomic E-state index is 0.223. The van der Waals surface area contributed by atoms with Crippen molar-refractivity contribution in [2.24, 2.45) is 11.8 Å². The predicted octanol–water partition coefficient (Wildman–Crippen LogP) is 3.29. The van der Waals surface area contributed by atoms with Crippen LogP contribution in [0.5, 0.6) is 11.5 Å². The number of aromatic amines is 1. The zero-order valence-corrected chi connectivity index (χ0v) is 16.4. The van der Waals surface area contributed by atoms with Crippen LogP contribution in [0.3, 0.4) is 0 Å². The number of para-hydroxylation sites is 1. The molecule has 1 amide bonds. The van der Waals surface area contributed by atoms with Gasteiger partial charge in [0.25, 0.3) is 5.91 Å². The summed E-state index contributed by atoms with van der Waals surface area (Å²) in [5.41, 5.74) is 1.35. The first kappa shape index (κ1) is 18.0. The Balaban J connectivity index is 1.22. The van der Waals surface area contributed by atoms with Crippen molar-refractivity contribution in [2.75, 3.05) is 6.54 Å². The lowest BCUT2D eigenvalue weighted by molar-refractivity contribution is 0.0765. The van der Waals surface area contributed by atoms with Gasteiger partial charge in [-0.25, -0.2) is 4.39 Å². The van der Waals surface area contributed by atoms with Crippen LogP contribution >= 0.6 is 0 Å². The van der Waals surface area contributed by atoms with Gasteiger partial charge in [-0.05, 0) is 54.8 Å². The van der Waals surface area contributed by atoms with Gasteiger partial charge in [0.05, 0.1) is 17.8 Å². The second-order valence-electron chi connectivity index (χ2n) is 8.44. The highest BCUT2D eigenvalue weighted by Gasteiger charge is 2.79. The summed E-state index contributed by atoms with van der Waals surface area (Å²) < 4.78 is 19.1. The molecule has 2 heterocycles. The first-order valence-corrected chi connectivity index (χ1v) is 10.2. The van der Waals surface area contributed by atoms with Crippen LogP contribution in [-0.2, 0) is 0 Å². The molecule has 1 aromatic heterocycles. The number of piperidine rings is 2. The number of H-pyrrole nitrogens is 1. The van der Waals surface area contributed by atoms with Gasteiger partial charge in [-0.2, -0.15) is 10.4 Å². The fourth-order valence-corrected chi connectivity index (χ4v) is 5.28. The van der Waals surface area contributed by atoms with Gasteiger partial charge in [0.1, 0.15) is 23.0 Å². The number of halogens is 1. The summed E-state index contributed by atoms with van der Waals surface area (Å²) in [4.78, 5) is 14.7. The fraction of sp³-hybridized carbons (Fsp3) is 0.261. The lowest BCUT2D eigenvalue weighted by Crippen LogP contribution is -2.59. The number of hydrogen-bond acceptors (Lipinski definition) is 5. The number of amides is 1. The molecule has 3 aliphatic rings. The maximum atomic E-state index is 13.2. The van der Waals surface area contributed by atoms with Gasteiger partial charge in [0.2, 0.25) is 0 Å². The third-order valence-corrected chi connectivity index (χ3v) is 6.70. The average molecular weight is 415 g/mol. The van der Waals surface area contributed by atoms with Crippen molar-refractivity contribution in [3.05, 3.63) is 66.1 Å².